The number of nitrogens with two attached hydrogens (primary N) is 1. The lowest BCUT2D eigenvalue weighted by atomic mass is 10.0. The zero-order chi connectivity index (χ0) is 14.8. The molecule has 3 rings (SSSR count). The minimum absolute atomic E-state index is 0.201. The Morgan fingerprint density at radius 1 is 1.19 bits per heavy atom. The van der Waals surface area contributed by atoms with Crippen molar-refractivity contribution in [3.8, 4) is 5.69 Å². The SMILES string of the molecule is CC(C(=O)NN)c1ccc(-n2cc3ccccc3n2)cc1. The van der Waals surface area contributed by atoms with Gasteiger partial charge in [0.25, 0.3) is 0 Å². The van der Waals surface area contributed by atoms with Gasteiger partial charge in [0.2, 0.25) is 5.91 Å². The molecular formula is C16H16N4O. The number of nitrogens with zero attached hydrogens (tertiary/aromatic N) is 2. The fraction of sp³-hybridized carbons (Fsp3) is 0.125. The molecule has 0 aliphatic rings. The Balaban J connectivity index is 1.91. The van der Waals surface area contributed by atoms with E-state index in [4.69, 9.17) is 5.84 Å². The maximum atomic E-state index is 11.5. The summed E-state index contributed by atoms with van der Waals surface area (Å²) in [4.78, 5) is 11.5. The molecule has 0 aliphatic carbocycles. The van der Waals surface area contributed by atoms with E-state index in [1.165, 1.54) is 0 Å². The van der Waals surface area contributed by atoms with Gasteiger partial charge in [-0.15, -0.1) is 0 Å². The summed E-state index contributed by atoms with van der Waals surface area (Å²) in [5.41, 5.74) is 5.00. The highest BCUT2D eigenvalue weighted by atomic mass is 16.2. The fourth-order valence-corrected chi connectivity index (χ4v) is 2.29. The number of rotatable bonds is 3. The van der Waals surface area contributed by atoms with Crippen molar-refractivity contribution in [2.24, 2.45) is 5.84 Å². The van der Waals surface area contributed by atoms with Crippen LogP contribution in [0.2, 0.25) is 0 Å². The van der Waals surface area contributed by atoms with Gasteiger partial charge in [0.05, 0.1) is 17.1 Å². The number of fused-ring (bicyclic) bond motifs is 1. The predicted molar refractivity (Wildman–Crippen MR) is 81.8 cm³/mol. The van der Waals surface area contributed by atoms with Crippen molar-refractivity contribution in [1.29, 1.82) is 0 Å². The smallest absolute Gasteiger partial charge is 0.241 e. The van der Waals surface area contributed by atoms with Crippen LogP contribution in [0, 0.1) is 0 Å². The second-order valence-corrected chi connectivity index (χ2v) is 4.95. The van der Waals surface area contributed by atoms with E-state index in [-0.39, 0.29) is 11.8 Å². The van der Waals surface area contributed by atoms with Gasteiger partial charge in [-0.3, -0.25) is 10.2 Å². The van der Waals surface area contributed by atoms with Gasteiger partial charge in [-0.1, -0.05) is 30.3 Å². The zero-order valence-electron chi connectivity index (χ0n) is 11.7. The first kappa shape index (κ1) is 13.3. The molecule has 0 saturated heterocycles. The molecule has 5 nitrogen and oxygen atoms in total. The molecule has 1 unspecified atom stereocenters. The van der Waals surface area contributed by atoms with E-state index in [0.29, 0.717) is 0 Å². The van der Waals surface area contributed by atoms with Gasteiger partial charge >= 0.3 is 0 Å². The van der Waals surface area contributed by atoms with E-state index >= 15 is 0 Å². The molecule has 3 N–H and O–H groups in total. The van der Waals surface area contributed by atoms with Gasteiger partial charge in [-0.2, -0.15) is 5.10 Å². The van der Waals surface area contributed by atoms with Crippen LogP contribution in [0.15, 0.2) is 54.7 Å². The molecule has 0 fully saturated rings. The number of hydrogen-bond donors (Lipinski definition) is 2. The van der Waals surface area contributed by atoms with E-state index in [1.54, 1.807) is 0 Å². The first-order valence-corrected chi connectivity index (χ1v) is 6.74. The van der Waals surface area contributed by atoms with Crippen LogP contribution in [0.3, 0.4) is 0 Å². The molecule has 1 aromatic heterocycles. The molecule has 3 aromatic rings. The van der Waals surface area contributed by atoms with Crippen LogP contribution in [-0.2, 0) is 4.79 Å². The lowest BCUT2D eigenvalue weighted by Gasteiger charge is -2.10. The third kappa shape index (κ3) is 2.51. The summed E-state index contributed by atoms with van der Waals surface area (Å²) < 4.78 is 1.84. The second-order valence-electron chi connectivity index (χ2n) is 4.95. The van der Waals surface area contributed by atoms with Gasteiger partial charge in [-0.05, 0) is 30.7 Å². The molecule has 1 heterocycles. The largest absolute Gasteiger partial charge is 0.294 e. The van der Waals surface area contributed by atoms with Crippen molar-refractivity contribution < 1.29 is 4.79 Å². The molecule has 2 aromatic carbocycles. The average molecular weight is 280 g/mol. The average Bonchev–Trinajstić information content (AvgIpc) is 2.97. The maximum absolute atomic E-state index is 11.5. The fourth-order valence-electron chi connectivity index (χ4n) is 2.29. The molecule has 106 valence electrons. The van der Waals surface area contributed by atoms with Crippen molar-refractivity contribution in [1.82, 2.24) is 15.2 Å². The minimum Gasteiger partial charge on any atom is -0.294 e. The Bertz CT molecular complexity index is 743. The normalized spacial score (nSPS) is 12.3. The van der Waals surface area contributed by atoms with Crippen LogP contribution in [0.5, 0.6) is 0 Å². The lowest BCUT2D eigenvalue weighted by Crippen LogP contribution is -2.33. The van der Waals surface area contributed by atoms with Crippen LogP contribution in [-0.4, -0.2) is 15.7 Å². The van der Waals surface area contributed by atoms with Crippen molar-refractivity contribution in [2.45, 2.75) is 12.8 Å². The number of hydrazine groups is 1. The summed E-state index contributed by atoms with van der Waals surface area (Å²) in [6, 6.07) is 15.7. The standard InChI is InChI=1S/C16H16N4O/c1-11(16(21)18-17)12-6-8-14(9-7-12)20-10-13-4-2-3-5-15(13)19-20/h2-11H,17H2,1H3,(H,18,21). The molecule has 5 heteroatoms. The molecule has 1 amide bonds. The Kier molecular flexibility index (Phi) is 3.41. The Labute approximate surface area is 122 Å². The zero-order valence-corrected chi connectivity index (χ0v) is 11.7. The van der Waals surface area contributed by atoms with Gasteiger partial charge in [0, 0.05) is 11.6 Å². The number of aromatic nitrogens is 2. The van der Waals surface area contributed by atoms with E-state index in [2.05, 4.69) is 10.5 Å². The molecule has 0 bridgehead atoms. The van der Waals surface area contributed by atoms with Crippen LogP contribution >= 0.6 is 0 Å². The quantitative estimate of drug-likeness (QED) is 0.438. The molecule has 21 heavy (non-hydrogen) atoms. The van der Waals surface area contributed by atoms with E-state index in [9.17, 15) is 4.79 Å². The minimum atomic E-state index is -0.277. The summed E-state index contributed by atoms with van der Waals surface area (Å²) in [6.45, 7) is 1.82. The van der Waals surface area contributed by atoms with Crippen LogP contribution < -0.4 is 11.3 Å². The monoisotopic (exact) mass is 280 g/mol. The second kappa shape index (κ2) is 5.38. The number of carbonyl (C=O) groups is 1. The molecule has 0 spiro atoms. The highest BCUT2D eigenvalue weighted by Gasteiger charge is 2.13. The Morgan fingerprint density at radius 2 is 1.90 bits per heavy atom. The van der Waals surface area contributed by atoms with Crippen molar-refractivity contribution in [3.05, 3.63) is 60.3 Å². The number of hydrogen-bond acceptors (Lipinski definition) is 3. The van der Waals surface area contributed by atoms with Crippen molar-refractivity contribution in [2.75, 3.05) is 0 Å². The van der Waals surface area contributed by atoms with Crippen molar-refractivity contribution in [3.63, 3.8) is 0 Å². The third-order valence-corrected chi connectivity index (χ3v) is 3.61. The number of benzene rings is 2. The molecular weight excluding hydrogens is 264 g/mol. The summed E-state index contributed by atoms with van der Waals surface area (Å²) >= 11 is 0. The first-order valence-electron chi connectivity index (χ1n) is 6.74. The molecule has 1 atom stereocenters. The predicted octanol–water partition coefficient (Wildman–Crippen LogP) is 2.12. The summed E-state index contributed by atoms with van der Waals surface area (Å²) in [6.07, 6.45) is 1.99. The van der Waals surface area contributed by atoms with Crippen molar-refractivity contribution >= 4 is 16.8 Å². The Morgan fingerprint density at radius 3 is 2.57 bits per heavy atom. The lowest BCUT2D eigenvalue weighted by molar-refractivity contribution is -0.122. The highest BCUT2D eigenvalue weighted by Crippen LogP contribution is 2.19. The summed E-state index contributed by atoms with van der Waals surface area (Å²) in [5.74, 6) is 4.68. The molecule has 0 radical (unpaired) electrons. The van der Waals surface area contributed by atoms with Gasteiger partial charge in [0.1, 0.15) is 0 Å². The van der Waals surface area contributed by atoms with E-state index in [0.717, 1.165) is 22.2 Å². The topological polar surface area (TPSA) is 72.9 Å². The maximum Gasteiger partial charge on any atom is 0.241 e. The van der Waals surface area contributed by atoms with E-state index in [1.807, 2.05) is 66.3 Å². The number of carbonyl (C=O) groups excluding carboxylic acids is 1. The summed E-state index contributed by atoms with van der Waals surface area (Å²) in [7, 11) is 0. The van der Waals surface area contributed by atoms with E-state index < -0.39 is 0 Å². The van der Waals surface area contributed by atoms with Crippen LogP contribution in [0.1, 0.15) is 18.4 Å². The van der Waals surface area contributed by atoms with Crippen LogP contribution in [0.25, 0.3) is 16.6 Å². The van der Waals surface area contributed by atoms with Gasteiger partial charge in [0.15, 0.2) is 0 Å². The van der Waals surface area contributed by atoms with Gasteiger partial charge < -0.3 is 0 Å². The third-order valence-electron chi connectivity index (χ3n) is 3.61. The number of nitrogens with one attached hydrogen (secondary N) is 1. The van der Waals surface area contributed by atoms with Crippen LogP contribution in [0.4, 0.5) is 0 Å². The molecule has 0 aliphatic heterocycles. The first-order chi connectivity index (χ1) is 10.2. The van der Waals surface area contributed by atoms with Gasteiger partial charge in [-0.25, -0.2) is 10.5 Å². The highest BCUT2D eigenvalue weighted by molar-refractivity contribution is 5.82. The molecule has 0 saturated carbocycles. The summed E-state index contributed by atoms with van der Waals surface area (Å²) in [5, 5.41) is 5.62. The number of amides is 1. The Hall–Kier alpha value is -2.66.